The van der Waals surface area contributed by atoms with Crippen molar-refractivity contribution in [2.45, 2.75) is 51.5 Å². The molecule has 1 heterocycles. The first-order valence-corrected chi connectivity index (χ1v) is 10.4. The van der Waals surface area contributed by atoms with E-state index in [0.717, 1.165) is 43.5 Å². The second-order valence-electron chi connectivity index (χ2n) is 7.51. The fourth-order valence-electron chi connectivity index (χ4n) is 3.67. The Morgan fingerprint density at radius 2 is 1.57 bits per heavy atom. The van der Waals surface area contributed by atoms with Gasteiger partial charge in [-0.1, -0.05) is 61.5 Å². The highest BCUT2D eigenvalue weighted by molar-refractivity contribution is 5.88. The monoisotopic (exact) mass is 378 g/mol. The van der Waals surface area contributed by atoms with Crippen LogP contribution in [-0.4, -0.2) is 35.8 Å². The number of hydrogen-bond acceptors (Lipinski definition) is 2. The van der Waals surface area contributed by atoms with Crippen molar-refractivity contribution in [1.82, 2.24) is 10.2 Å². The van der Waals surface area contributed by atoms with Crippen LogP contribution in [0.2, 0.25) is 0 Å². The topological polar surface area (TPSA) is 49.4 Å². The van der Waals surface area contributed by atoms with Crippen molar-refractivity contribution in [3.8, 4) is 0 Å². The molecule has 28 heavy (non-hydrogen) atoms. The molecular weight excluding hydrogens is 348 g/mol. The van der Waals surface area contributed by atoms with Crippen molar-refractivity contribution < 1.29 is 9.59 Å². The van der Waals surface area contributed by atoms with Gasteiger partial charge in [0, 0.05) is 25.9 Å². The van der Waals surface area contributed by atoms with Crippen molar-refractivity contribution >= 4 is 11.8 Å². The van der Waals surface area contributed by atoms with Crippen LogP contribution in [0.15, 0.2) is 54.6 Å². The third-order valence-corrected chi connectivity index (χ3v) is 5.41. The lowest BCUT2D eigenvalue weighted by Gasteiger charge is -2.24. The van der Waals surface area contributed by atoms with E-state index in [2.05, 4.69) is 36.5 Å². The lowest BCUT2D eigenvalue weighted by atomic mass is 10.0. The average molecular weight is 379 g/mol. The Hall–Kier alpha value is -2.62. The predicted molar refractivity (Wildman–Crippen MR) is 112 cm³/mol. The van der Waals surface area contributed by atoms with Crippen LogP contribution in [0.25, 0.3) is 0 Å². The summed E-state index contributed by atoms with van der Waals surface area (Å²) in [4.78, 5) is 27.4. The molecule has 0 radical (unpaired) electrons. The molecule has 4 heteroatoms. The molecule has 1 saturated heterocycles. The highest BCUT2D eigenvalue weighted by atomic mass is 16.2. The van der Waals surface area contributed by atoms with Crippen molar-refractivity contribution in [2.75, 3.05) is 13.1 Å². The zero-order valence-electron chi connectivity index (χ0n) is 16.7. The van der Waals surface area contributed by atoms with E-state index in [1.807, 2.05) is 35.2 Å². The maximum Gasteiger partial charge on any atom is 0.245 e. The Kier molecular flexibility index (Phi) is 7.24. The number of rotatable bonds is 8. The molecule has 3 rings (SSSR count). The molecular formula is C24H30N2O2. The van der Waals surface area contributed by atoms with Crippen molar-refractivity contribution in [2.24, 2.45) is 0 Å². The normalized spacial score (nSPS) is 14.7. The van der Waals surface area contributed by atoms with E-state index in [4.69, 9.17) is 0 Å². The highest BCUT2D eigenvalue weighted by Gasteiger charge is 2.27. The summed E-state index contributed by atoms with van der Waals surface area (Å²) in [6.07, 6.45) is 4.72. The smallest absolute Gasteiger partial charge is 0.245 e. The zero-order valence-corrected chi connectivity index (χ0v) is 16.7. The minimum Gasteiger partial charge on any atom is -0.344 e. The lowest BCUT2D eigenvalue weighted by molar-refractivity contribution is -0.135. The van der Waals surface area contributed by atoms with E-state index in [-0.39, 0.29) is 11.8 Å². The average Bonchev–Trinajstić information content (AvgIpc) is 3.27. The van der Waals surface area contributed by atoms with Crippen molar-refractivity contribution in [3.63, 3.8) is 0 Å². The van der Waals surface area contributed by atoms with E-state index in [0.29, 0.717) is 19.3 Å². The number of amides is 2. The molecule has 2 aromatic rings. The quantitative estimate of drug-likeness (QED) is 0.764. The number of nitrogens with one attached hydrogen (secondary N) is 1. The molecule has 0 spiro atoms. The van der Waals surface area contributed by atoms with Crippen LogP contribution in [0.1, 0.15) is 42.9 Å². The van der Waals surface area contributed by atoms with Gasteiger partial charge in [-0.2, -0.15) is 0 Å². The van der Waals surface area contributed by atoms with Crippen molar-refractivity contribution in [3.05, 3.63) is 71.3 Å². The van der Waals surface area contributed by atoms with E-state index in [1.54, 1.807) is 0 Å². The van der Waals surface area contributed by atoms with E-state index < -0.39 is 6.04 Å². The van der Waals surface area contributed by atoms with Gasteiger partial charge >= 0.3 is 0 Å². The predicted octanol–water partition coefficient (Wildman–Crippen LogP) is 3.53. The summed E-state index contributed by atoms with van der Waals surface area (Å²) in [5.41, 5.74) is 3.51. The summed E-state index contributed by atoms with van der Waals surface area (Å²) >= 11 is 0. The largest absolute Gasteiger partial charge is 0.344 e. The number of carbonyl (C=O) groups is 2. The Morgan fingerprint density at radius 1 is 0.929 bits per heavy atom. The lowest BCUT2D eigenvalue weighted by Crippen LogP contribution is -2.49. The Bertz CT molecular complexity index is 765. The second kappa shape index (κ2) is 10.1. The van der Waals surface area contributed by atoms with Gasteiger partial charge in [-0.15, -0.1) is 0 Å². The number of nitrogens with zero attached hydrogens (tertiary/aromatic N) is 1. The van der Waals surface area contributed by atoms with Gasteiger partial charge in [0.1, 0.15) is 6.04 Å². The van der Waals surface area contributed by atoms with Crippen LogP contribution in [0, 0.1) is 0 Å². The molecule has 2 aromatic carbocycles. The van der Waals surface area contributed by atoms with Gasteiger partial charge in [-0.05, 0) is 42.4 Å². The van der Waals surface area contributed by atoms with Crippen molar-refractivity contribution in [1.29, 1.82) is 0 Å². The molecule has 1 N–H and O–H groups in total. The zero-order chi connectivity index (χ0) is 19.8. The maximum atomic E-state index is 12.9. The fraction of sp³-hybridized carbons (Fsp3) is 0.417. The van der Waals surface area contributed by atoms with Gasteiger partial charge < -0.3 is 10.2 Å². The first-order valence-electron chi connectivity index (χ1n) is 10.4. The molecule has 1 fully saturated rings. The van der Waals surface area contributed by atoms with Crippen LogP contribution < -0.4 is 5.32 Å². The van der Waals surface area contributed by atoms with Crippen LogP contribution >= 0.6 is 0 Å². The molecule has 0 bridgehead atoms. The van der Waals surface area contributed by atoms with Crippen LogP contribution in [0.4, 0.5) is 0 Å². The third kappa shape index (κ3) is 5.69. The van der Waals surface area contributed by atoms with E-state index in [9.17, 15) is 9.59 Å². The van der Waals surface area contributed by atoms with Crippen LogP contribution in [0.5, 0.6) is 0 Å². The Labute approximate surface area is 167 Å². The summed E-state index contributed by atoms with van der Waals surface area (Å²) in [7, 11) is 0. The summed E-state index contributed by atoms with van der Waals surface area (Å²) in [5, 5.41) is 3.00. The van der Waals surface area contributed by atoms with Gasteiger partial charge in [0.2, 0.25) is 11.8 Å². The molecule has 1 aliphatic heterocycles. The van der Waals surface area contributed by atoms with Gasteiger partial charge in [-0.25, -0.2) is 0 Å². The molecule has 1 atom stereocenters. The first kappa shape index (κ1) is 20.1. The van der Waals surface area contributed by atoms with Gasteiger partial charge in [0.05, 0.1) is 0 Å². The molecule has 1 unspecified atom stereocenters. The van der Waals surface area contributed by atoms with E-state index >= 15 is 0 Å². The standard InChI is InChI=1S/C24H30N2O2/c1-2-19-10-12-20(13-11-19)14-15-23(27)25-22(18-21-8-4-3-5-9-21)24(28)26-16-6-7-17-26/h3-5,8-13,22H,2,6-7,14-18H2,1H3,(H,25,27). The molecule has 0 aromatic heterocycles. The van der Waals surface area contributed by atoms with Gasteiger partial charge in [0.15, 0.2) is 0 Å². The molecule has 2 amide bonds. The third-order valence-electron chi connectivity index (χ3n) is 5.41. The number of likely N-dealkylation sites (tertiary alicyclic amines) is 1. The number of carbonyl (C=O) groups excluding carboxylic acids is 2. The molecule has 0 aliphatic carbocycles. The Morgan fingerprint density at radius 3 is 2.21 bits per heavy atom. The minimum atomic E-state index is -0.490. The van der Waals surface area contributed by atoms with Gasteiger partial charge in [-0.3, -0.25) is 9.59 Å². The first-order chi connectivity index (χ1) is 13.7. The van der Waals surface area contributed by atoms with Crippen LogP contribution in [-0.2, 0) is 28.9 Å². The highest BCUT2D eigenvalue weighted by Crippen LogP contribution is 2.13. The van der Waals surface area contributed by atoms with E-state index in [1.165, 1.54) is 5.56 Å². The second-order valence-corrected chi connectivity index (χ2v) is 7.51. The molecule has 0 saturated carbocycles. The van der Waals surface area contributed by atoms with Gasteiger partial charge in [0.25, 0.3) is 0 Å². The molecule has 148 valence electrons. The Balaban J connectivity index is 1.60. The summed E-state index contributed by atoms with van der Waals surface area (Å²) in [5.74, 6) is -0.0185. The summed E-state index contributed by atoms with van der Waals surface area (Å²) < 4.78 is 0. The van der Waals surface area contributed by atoms with Crippen LogP contribution in [0.3, 0.4) is 0 Å². The number of hydrogen-bond donors (Lipinski definition) is 1. The molecule has 4 nitrogen and oxygen atoms in total. The summed E-state index contributed by atoms with van der Waals surface area (Å²) in [6, 6.07) is 17.8. The minimum absolute atomic E-state index is 0.0435. The molecule has 1 aliphatic rings. The SMILES string of the molecule is CCc1ccc(CCC(=O)NC(Cc2ccccc2)C(=O)N2CCCC2)cc1. The fourth-order valence-corrected chi connectivity index (χ4v) is 3.67. The summed E-state index contributed by atoms with van der Waals surface area (Å²) in [6.45, 7) is 3.72. The number of benzene rings is 2. The number of aryl methyl sites for hydroxylation is 2. The maximum absolute atomic E-state index is 12.9.